The molecule has 5 nitrogen and oxygen atoms in total. The van der Waals surface area contributed by atoms with Gasteiger partial charge in [0.1, 0.15) is 12.8 Å². The van der Waals surface area contributed by atoms with Gasteiger partial charge in [0.15, 0.2) is 23.2 Å². The van der Waals surface area contributed by atoms with Crippen LogP contribution in [-0.2, 0) is 9.59 Å². The van der Waals surface area contributed by atoms with Crippen LogP contribution in [0.5, 0.6) is 5.75 Å². The van der Waals surface area contributed by atoms with Crippen molar-refractivity contribution in [1.82, 2.24) is 0 Å². The average Bonchev–Trinajstić information content (AvgIpc) is 3.22. The second-order valence-corrected chi connectivity index (χ2v) is 6.73. The predicted molar refractivity (Wildman–Crippen MR) is 95.7 cm³/mol. The molecular weight excluding hydrogens is 399 g/mol. The lowest BCUT2D eigenvalue weighted by atomic mass is 10.1. The van der Waals surface area contributed by atoms with Gasteiger partial charge in [0, 0.05) is 24.9 Å². The van der Waals surface area contributed by atoms with E-state index in [0.29, 0.717) is 0 Å². The van der Waals surface area contributed by atoms with Gasteiger partial charge in [-0.2, -0.15) is 8.78 Å². The lowest BCUT2D eigenvalue weighted by Gasteiger charge is -2.09. The van der Waals surface area contributed by atoms with E-state index in [-0.39, 0.29) is 43.7 Å². The van der Waals surface area contributed by atoms with E-state index in [2.05, 4.69) is 4.74 Å². The number of rotatable bonds is 9. The molecule has 1 saturated carbocycles. The quantitative estimate of drug-likeness (QED) is 0.470. The maximum Gasteiger partial charge on any atom is 0.220 e. The Morgan fingerprint density at radius 3 is 2.10 bits per heavy atom. The Hall–Kier alpha value is -2.23. The first-order valence-corrected chi connectivity index (χ1v) is 9.28. The van der Waals surface area contributed by atoms with E-state index in [1.807, 2.05) is 0 Å². The Balaban J connectivity index is 0.000000436. The molecular formula is C19H25F5N2O3. The highest BCUT2D eigenvalue weighted by atomic mass is 19.2. The molecule has 1 fully saturated rings. The summed E-state index contributed by atoms with van der Waals surface area (Å²) in [6.45, 7) is -0.931. The molecule has 0 aliphatic heterocycles. The Labute approximate surface area is 165 Å². The van der Waals surface area contributed by atoms with Gasteiger partial charge in [0.25, 0.3) is 0 Å². The van der Waals surface area contributed by atoms with Gasteiger partial charge in [0.2, 0.25) is 17.5 Å². The van der Waals surface area contributed by atoms with Crippen molar-refractivity contribution in [2.75, 3.05) is 13.2 Å². The van der Waals surface area contributed by atoms with E-state index in [9.17, 15) is 31.5 Å². The van der Waals surface area contributed by atoms with Crippen molar-refractivity contribution in [3.8, 4) is 5.75 Å². The van der Waals surface area contributed by atoms with E-state index >= 15 is 0 Å². The summed E-state index contributed by atoms with van der Waals surface area (Å²) < 4.78 is 69.4. The van der Waals surface area contributed by atoms with Crippen molar-refractivity contribution in [2.45, 2.75) is 51.1 Å². The van der Waals surface area contributed by atoms with Crippen LogP contribution >= 0.6 is 0 Å². The Kier molecular flexibility index (Phi) is 10.6. The summed E-state index contributed by atoms with van der Waals surface area (Å²) in [5, 5.41) is 0. The number of nitrogens with two attached hydrogens (primary N) is 2. The second kappa shape index (κ2) is 12.4. The van der Waals surface area contributed by atoms with Gasteiger partial charge in [-0.3, -0.25) is 9.59 Å². The molecule has 0 bridgehead atoms. The maximum atomic E-state index is 13.2. The largest absolute Gasteiger partial charge is 0.480 e. The lowest BCUT2D eigenvalue weighted by Crippen LogP contribution is -2.19. The molecule has 1 aliphatic carbocycles. The predicted octanol–water partition coefficient (Wildman–Crippen LogP) is 3.32. The molecule has 0 heterocycles. The summed E-state index contributed by atoms with van der Waals surface area (Å²) in [6.07, 6.45) is 3.35. The topological polar surface area (TPSA) is 95.4 Å². The molecule has 2 rings (SSSR count). The number of carbonyl (C=O) groups excluding carboxylic acids is 2. The highest BCUT2D eigenvalue weighted by molar-refractivity contribution is 5.79. The zero-order valence-corrected chi connectivity index (χ0v) is 15.9. The molecule has 0 spiro atoms. The summed E-state index contributed by atoms with van der Waals surface area (Å²) in [6, 6.07) is 0.0353. The van der Waals surface area contributed by atoms with Crippen LogP contribution in [0.3, 0.4) is 0 Å². The fourth-order valence-corrected chi connectivity index (χ4v) is 2.75. The molecule has 4 N–H and O–H groups in total. The van der Waals surface area contributed by atoms with Crippen LogP contribution in [0.15, 0.2) is 6.07 Å². The number of Topliss-reactive ketones (excluding diaryl/α,β-unsaturated/α-hetero) is 1. The number of hydrogen-bond donors (Lipinski definition) is 2. The van der Waals surface area contributed by atoms with E-state index in [4.69, 9.17) is 11.5 Å². The van der Waals surface area contributed by atoms with Crippen molar-refractivity contribution >= 4 is 11.7 Å². The highest BCUT2D eigenvalue weighted by Gasteiger charge is 2.21. The summed E-state index contributed by atoms with van der Waals surface area (Å²) in [5.41, 5.74) is 10.1. The van der Waals surface area contributed by atoms with Crippen molar-refractivity contribution in [3.05, 3.63) is 29.3 Å². The van der Waals surface area contributed by atoms with Gasteiger partial charge >= 0.3 is 0 Å². The molecule has 10 heteroatoms. The molecule has 1 aromatic rings. The van der Waals surface area contributed by atoms with Crippen LogP contribution in [0.1, 0.15) is 44.9 Å². The molecule has 0 radical (unpaired) electrons. The Morgan fingerprint density at radius 2 is 1.66 bits per heavy atom. The smallest absolute Gasteiger partial charge is 0.220 e. The number of ketones is 1. The summed E-state index contributed by atoms with van der Waals surface area (Å²) in [4.78, 5) is 21.8. The number of alkyl halides is 1. The monoisotopic (exact) mass is 424 g/mol. The van der Waals surface area contributed by atoms with E-state index in [0.717, 1.165) is 12.8 Å². The lowest BCUT2D eigenvalue weighted by molar-refractivity contribution is -0.122. The number of hydrogen-bond acceptors (Lipinski definition) is 4. The van der Waals surface area contributed by atoms with Gasteiger partial charge in [-0.1, -0.05) is 12.8 Å². The van der Waals surface area contributed by atoms with Crippen LogP contribution in [0.4, 0.5) is 22.0 Å². The molecule has 1 unspecified atom stereocenters. The van der Waals surface area contributed by atoms with Crippen LogP contribution in [0, 0.1) is 29.2 Å². The van der Waals surface area contributed by atoms with Gasteiger partial charge in [0.05, 0.1) is 0 Å². The minimum Gasteiger partial charge on any atom is -0.480 e. The summed E-state index contributed by atoms with van der Waals surface area (Å²) >= 11 is 0. The second-order valence-electron chi connectivity index (χ2n) is 6.73. The minimum atomic E-state index is -1.71. The maximum absolute atomic E-state index is 13.2. The SMILES string of the molecule is NC(=O)C1CCCC1.NCC(F)CCCC(=O)COc1c(F)c(F)cc(F)c1F. The number of ether oxygens (including phenoxy) is 1. The van der Waals surface area contributed by atoms with Gasteiger partial charge < -0.3 is 16.2 Å². The highest BCUT2D eigenvalue weighted by Crippen LogP contribution is 2.26. The third kappa shape index (κ3) is 8.35. The minimum absolute atomic E-state index is 0.0353. The fraction of sp³-hybridized carbons (Fsp3) is 0.579. The molecule has 0 saturated heterocycles. The third-order valence-electron chi connectivity index (χ3n) is 4.44. The van der Waals surface area contributed by atoms with E-state index in [1.165, 1.54) is 12.8 Å². The average molecular weight is 424 g/mol. The van der Waals surface area contributed by atoms with Crippen LogP contribution in [0.2, 0.25) is 0 Å². The molecule has 0 aromatic heterocycles. The first-order chi connectivity index (χ1) is 13.7. The zero-order valence-electron chi connectivity index (χ0n) is 15.9. The number of halogens is 5. The van der Waals surface area contributed by atoms with Crippen molar-refractivity contribution in [2.24, 2.45) is 17.4 Å². The number of carbonyl (C=O) groups is 2. The molecule has 29 heavy (non-hydrogen) atoms. The van der Waals surface area contributed by atoms with E-state index in [1.54, 1.807) is 0 Å². The fourth-order valence-electron chi connectivity index (χ4n) is 2.75. The Bertz CT molecular complexity index is 671. The molecule has 1 amide bonds. The normalized spacial score (nSPS) is 14.8. The first kappa shape index (κ1) is 24.8. The Morgan fingerprint density at radius 1 is 1.10 bits per heavy atom. The molecule has 164 valence electrons. The van der Waals surface area contributed by atoms with Crippen LogP contribution in [0.25, 0.3) is 0 Å². The summed E-state index contributed by atoms with van der Waals surface area (Å²) in [5.74, 6) is -8.45. The number of benzene rings is 1. The standard InChI is InChI=1S/C13H14F5NO2.C6H11NO/c14-7(5-19)2-1-3-8(20)6-21-13-11(17)9(15)4-10(16)12(13)18;7-6(8)5-3-1-2-4-5/h4,7H,1-3,5-6,19H2;5H,1-4H2,(H2,7,8). The number of primary amides is 1. The molecule has 1 aliphatic rings. The number of amides is 1. The van der Waals surface area contributed by atoms with Crippen molar-refractivity contribution in [3.63, 3.8) is 0 Å². The first-order valence-electron chi connectivity index (χ1n) is 9.28. The summed E-state index contributed by atoms with van der Waals surface area (Å²) in [7, 11) is 0. The van der Waals surface area contributed by atoms with Crippen LogP contribution < -0.4 is 16.2 Å². The molecule has 1 aromatic carbocycles. The van der Waals surface area contributed by atoms with Crippen molar-refractivity contribution in [1.29, 1.82) is 0 Å². The zero-order chi connectivity index (χ0) is 22.0. The van der Waals surface area contributed by atoms with E-state index < -0.39 is 47.6 Å². The van der Waals surface area contributed by atoms with Crippen molar-refractivity contribution < 1.29 is 36.3 Å². The molecule has 1 atom stereocenters. The van der Waals surface area contributed by atoms with Gasteiger partial charge in [-0.15, -0.1) is 0 Å². The van der Waals surface area contributed by atoms with Gasteiger partial charge in [-0.25, -0.2) is 13.2 Å². The van der Waals surface area contributed by atoms with Gasteiger partial charge in [-0.05, 0) is 25.7 Å². The third-order valence-corrected chi connectivity index (χ3v) is 4.44. The van der Waals surface area contributed by atoms with Crippen LogP contribution in [-0.4, -0.2) is 31.0 Å².